The highest BCUT2D eigenvalue weighted by Gasteiger charge is 2.26. The van der Waals surface area contributed by atoms with Crippen molar-refractivity contribution >= 4 is 17.6 Å². The molecule has 1 heterocycles. The summed E-state index contributed by atoms with van der Waals surface area (Å²) < 4.78 is 0. The van der Waals surface area contributed by atoms with E-state index < -0.39 is 0 Å². The Hall–Kier alpha value is -2.04. The van der Waals surface area contributed by atoms with Crippen LogP contribution in [0.2, 0.25) is 0 Å². The molecule has 5 heteroatoms. The first-order chi connectivity index (χ1) is 10.2. The molecule has 0 N–H and O–H groups in total. The summed E-state index contributed by atoms with van der Waals surface area (Å²) in [6.07, 6.45) is 0.377. The van der Waals surface area contributed by atoms with E-state index in [1.165, 1.54) is 0 Å². The van der Waals surface area contributed by atoms with Crippen molar-refractivity contribution in [1.29, 1.82) is 0 Å². The molecule has 5 nitrogen and oxygen atoms in total. The van der Waals surface area contributed by atoms with Gasteiger partial charge in [-0.3, -0.25) is 4.79 Å². The zero-order chi connectivity index (χ0) is 15.2. The van der Waals surface area contributed by atoms with Crippen molar-refractivity contribution in [2.45, 2.75) is 20.3 Å². The topological polar surface area (TPSA) is 43.9 Å². The Labute approximate surface area is 126 Å². The Morgan fingerprint density at radius 2 is 1.76 bits per heavy atom. The van der Waals surface area contributed by atoms with E-state index in [1.807, 2.05) is 44.2 Å². The maximum Gasteiger partial charge on any atom is 0.320 e. The highest BCUT2D eigenvalue weighted by Crippen LogP contribution is 2.17. The molecule has 1 aliphatic rings. The molecule has 0 aliphatic carbocycles. The number of hydrogen-bond acceptors (Lipinski definition) is 2. The van der Waals surface area contributed by atoms with Crippen LogP contribution in [0, 0.1) is 0 Å². The van der Waals surface area contributed by atoms with Gasteiger partial charge >= 0.3 is 6.03 Å². The van der Waals surface area contributed by atoms with Crippen molar-refractivity contribution in [1.82, 2.24) is 9.80 Å². The number of anilines is 1. The number of carbonyl (C=O) groups is 2. The molecule has 0 unspecified atom stereocenters. The third-order valence-electron chi connectivity index (χ3n) is 3.86. The van der Waals surface area contributed by atoms with E-state index in [1.54, 1.807) is 14.7 Å². The molecule has 0 radical (unpaired) electrons. The van der Waals surface area contributed by atoms with Crippen LogP contribution in [-0.4, -0.2) is 54.5 Å². The van der Waals surface area contributed by atoms with E-state index in [2.05, 4.69) is 0 Å². The summed E-state index contributed by atoms with van der Waals surface area (Å²) in [4.78, 5) is 30.0. The summed E-state index contributed by atoms with van der Waals surface area (Å²) in [5.74, 6) is 0.0797. The molecular weight excluding hydrogens is 266 g/mol. The van der Waals surface area contributed by atoms with Crippen LogP contribution in [0.3, 0.4) is 0 Å². The van der Waals surface area contributed by atoms with Crippen LogP contribution in [0.4, 0.5) is 10.5 Å². The Morgan fingerprint density at radius 1 is 1.10 bits per heavy atom. The fourth-order valence-corrected chi connectivity index (χ4v) is 2.59. The molecule has 21 heavy (non-hydrogen) atoms. The average Bonchev–Trinajstić information content (AvgIpc) is 2.71. The largest absolute Gasteiger partial charge is 0.325 e. The van der Waals surface area contributed by atoms with E-state index >= 15 is 0 Å². The molecule has 1 fully saturated rings. The van der Waals surface area contributed by atoms with Gasteiger partial charge in [-0.1, -0.05) is 18.2 Å². The van der Waals surface area contributed by atoms with E-state index in [-0.39, 0.29) is 11.9 Å². The highest BCUT2D eigenvalue weighted by molar-refractivity contribution is 5.94. The van der Waals surface area contributed by atoms with Crippen LogP contribution in [0.5, 0.6) is 0 Å². The molecule has 114 valence electrons. The van der Waals surface area contributed by atoms with Crippen molar-refractivity contribution in [3.63, 3.8) is 0 Å². The molecule has 0 bridgehead atoms. The molecule has 0 saturated carbocycles. The van der Waals surface area contributed by atoms with Gasteiger partial charge in [0.05, 0.1) is 0 Å². The molecule has 1 aromatic rings. The Morgan fingerprint density at radius 3 is 2.38 bits per heavy atom. The zero-order valence-electron chi connectivity index (χ0n) is 12.8. The predicted octanol–water partition coefficient (Wildman–Crippen LogP) is 2.19. The number of amides is 3. The number of nitrogens with zero attached hydrogens (tertiary/aromatic N) is 3. The van der Waals surface area contributed by atoms with Gasteiger partial charge in [-0.2, -0.15) is 0 Å². The Bertz CT molecular complexity index is 486. The van der Waals surface area contributed by atoms with Gasteiger partial charge in [0.15, 0.2) is 0 Å². The van der Waals surface area contributed by atoms with Gasteiger partial charge in [0.1, 0.15) is 0 Å². The molecular formula is C16H23N3O2. The lowest BCUT2D eigenvalue weighted by Gasteiger charge is -2.28. The lowest BCUT2D eigenvalue weighted by atomic mass is 10.2. The lowest BCUT2D eigenvalue weighted by Crippen LogP contribution is -2.44. The maximum atomic E-state index is 12.4. The van der Waals surface area contributed by atoms with Crippen LogP contribution in [0.25, 0.3) is 0 Å². The average molecular weight is 289 g/mol. The van der Waals surface area contributed by atoms with Crippen LogP contribution < -0.4 is 4.90 Å². The second kappa shape index (κ2) is 7.11. The molecule has 1 aliphatic heterocycles. The molecule has 2 rings (SSSR count). The van der Waals surface area contributed by atoms with Gasteiger partial charge in [0.25, 0.3) is 0 Å². The quantitative estimate of drug-likeness (QED) is 0.856. The van der Waals surface area contributed by atoms with Crippen LogP contribution in [0.1, 0.15) is 20.3 Å². The number of rotatable bonds is 3. The Balaban J connectivity index is 2.07. The maximum absolute atomic E-state index is 12.4. The summed E-state index contributed by atoms with van der Waals surface area (Å²) in [5, 5.41) is 0. The minimum Gasteiger partial charge on any atom is -0.325 e. The third kappa shape index (κ3) is 3.54. The smallest absolute Gasteiger partial charge is 0.320 e. The van der Waals surface area contributed by atoms with Crippen molar-refractivity contribution in [3.05, 3.63) is 30.3 Å². The monoisotopic (exact) mass is 289 g/mol. The molecule has 1 aromatic carbocycles. The first-order valence-corrected chi connectivity index (χ1v) is 7.56. The molecule has 0 aromatic heterocycles. The molecule has 1 saturated heterocycles. The second-order valence-corrected chi connectivity index (χ2v) is 5.07. The lowest BCUT2D eigenvalue weighted by molar-refractivity contribution is -0.118. The number of urea groups is 1. The van der Waals surface area contributed by atoms with Crippen LogP contribution >= 0.6 is 0 Å². The van der Waals surface area contributed by atoms with Crippen molar-refractivity contribution in [2.75, 3.05) is 37.6 Å². The second-order valence-electron chi connectivity index (χ2n) is 5.07. The minimum absolute atomic E-state index is 0.0303. The third-order valence-corrected chi connectivity index (χ3v) is 3.86. The van der Waals surface area contributed by atoms with E-state index in [4.69, 9.17) is 0 Å². The highest BCUT2D eigenvalue weighted by atomic mass is 16.2. The summed E-state index contributed by atoms with van der Waals surface area (Å²) in [6.45, 7) is 6.97. The van der Waals surface area contributed by atoms with Crippen LogP contribution in [-0.2, 0) is 4.79 Å². The normalized spacial score (nSPS) is 15.8. The van der Waals surface area contributed by atoms with Gasteiger partial charge in [-0.15, -0.1) is 0 Å². The first kappa shape index (κ1) is 15.4. The zero-order valence-corrected chi connectivity index (χ0v) is 12.8. The summed E-state index contributed by atoms with van der Waals surface area (Å²) in [6, 6.07) is 9.67. The fourth-order valence-electron chi connectivity index (χ4n) is 2.59. The van der Waals surface area contributed by atoms with Gasteiger partial charge in [0, 0.05) is 44.8 Å². The molecule has 0 spiro atoms. The fraction of sp³-hybridized carbons (Fsp3) is 0.500. The van der Waals surface area contributed by atoms with Gasteiger partial charge in [-0.25, -0.2) is 4.79 Å². The van der Waals surface area contributed by atoms with Gasteiger partial charge < -0.3 is 14.7 Å². The summed E-state index contributed by atoms with van der Waals surface area (Å²) >= 11 is 0. The minimum atomic E-state index is 0.0303. The van der Waals surface area contributed by atoms with E-state index in [0.29, 0.717) is 39.1 Å². The van der Waals surface area contributed by atoms with E-state index in [9.17, 15) is 9.59 Å². The van der Waals surface area contributed by atoms with Crippen molar-refractivity contribution in [2.24, 2.45) is 0 Å². The SMILES string of the molecule is CCN(CC)C(=O)N1CCC(=O)N(c2ccccc2)CC1. The van der Waals surface area contributed by atoms with Crippen molar-refractivity contribution in [3.8, 4) is 0 Å². The molecule has 3 amide bonds. The predicted molar refractivity (Wildman–Crippen MR) is 83.3 cm³/mol. The number of carbonyl (C=O) groups excluding carboxylic acids is 2. The number of benzene rings is 1. The first-order valence-electron chi connectivity index (χ1n) is 7.56. The Kier molecular flexibility index (Phi) is 5.20. The van der Waals surface area contributed by atoms with E-state index in [0.717, 1.165) is 5.69 Å². The summed E-state index contributed by atoms with van der Waals surface area (Å²) in [7, 11) is 0. The number of hydrogen-bond donors (Lipinski definition) is 0. The van der Waals surface area contributed by atoms with Crippen LogP contribution in [0.15, 0.2) is 30.3 Å². The number of para-hydroxylation sites is 1. The van der Waals surface area contributed by atoms with Crippen molar-refractivity contribution < 1.29 is 9.59 Å². The summed E-state index contributed by atoms with van der Waals surface area (Å²) in [5.41, 5.74) is 0.902. The molecule has 0 atom stereocenters. The van der Waals surface area contributed by atoms with Gasteiger partial charge in [-0.05, 0) is 26.0 Å². The van der Waals surface area contributed by atoms with Gasteiger partial charge in [0.2, 0.25) is 5.91 Å². The standard InChI is InChI=1S/C16H23N3O2/c1-3-17(4-2)16(21)18-11-10-15(20)19(13-12-18)14-8-6-5-7-9-14/h5-9H,3-4,10-13H2,1-2H3.